The fraction of sp³-hybridized carbons (Fsp3) is 0.600. The maximum Gasteiger partial charge on any atom is 0.242 e. The number of carbonyl (C=O) groups excluding carboxylic acids is 1. The molecule has 1 aromatic carbocycles. The van der Waals surface area contributed by atoms with E-state index in [4.69, 9.17) is 0 Å². The minimum Gasteiger partial charge on any atom is -0.357 e. The van der Waals surface area contributed by atoms with E-state index < -0.39 is 0 Å². The number of hydrogen-bond donors (Lipinski definition) is 3. The molecule has 1 aliphatic rings. The molecular formula is C20H32N4O. The molecule has 0 fully saturated rings. The van der Waals surface area contributed by atoms with Crippen molar-refractivity contribution < 1.29 is 4.79 Å². The number of aliphatic imine (C=N–C) groups is 1. The molecule has 0 aromatic heterocycles. The first-order valence-electron chi connectivity index (χ1n) is 9.30. The van der Waals surface area contributed by atoms with Crippen LogP contribution in [0.5, 0.6) is 0 Å². The highest BCUT2D eigenvalue weighted by atomic mass is 16.2. The molecule has 5 nitrogen and oxygen atoms in total. The Hall–Kier alpha value is -2.04. The summed E-state index contributed by atoms with van der Waals surface area (Å²) in [5, 5.41) is 9.57. The van der Waals surface area contributed by atoms with Crippen LogP contribution in [-0.4, -0.2) is 37.0 Å². The minimum atomic E-state index is -0.232. The summed E-state index contributed by atoms with van der Waals surface area (Å²) in [4.78, 5) is 16.4. The number of amides is 1. The third-order valence-electron chi connectivity index (χ3n) is 4.25. The average Bonchev–Trinajstić information content (AvgIpc) is 2.56. The van der Waals surface area contributed by atoms with Crippen LogP contribution in [0.1, 0.15) is 57.6 Å². The lowest BCUT2D eigenvalue weighted by atomic mass is 9.83. The Morgan fingerprint density at radius 3 is 2.72 bits per heavy atom. The van der Waals surface area contributed by atoms with Crippen LogP contribution in [0.4, 0.5) is 0 Å². The summed E-state index contributed by atoms with van der Waals surface area (Å²) in [5.41, 5.74) is 2.68. The Bertz CT molecular complexity index is 604. The highest BCUT2D eigenvalue weighted by molar-refractivity contribution is 5.85. The van der Waals surface area contributed by atoms with Gasteiger partial charge in [0.15, 0.2) is 5.96 Å². The first-order chi connectivity index (χ1) is 11.9. The van der Waals surface area contributed by atoms with E-state index in [9.17, 15) is 4.79 Å². The second-order valence-corrected chi connectivity index (χ2v) is 7.66. The lowest BCUT2D eigenvalue weighted by molar-refractivity contribution is -0.121. The second kappa shape index (κ2) is 8.88. The Kier molecular flexibility index (Phi) is 6.85. The number of hydrogen-bond acceptors (Lipinski definition) is 2. The van der Waals surface area contributed by atoms with E-state index in [1.807, 2.05) is 27.7 Å². The number of carbonyl (C=O) groups is 1. The Morgan fingerprint density at radius 2 is 2.00 bits per heavy atom. The number of benzene rings is 1. The number of guanidine groups is 1. The summed E-state index contributed by atoms with van der Waals surface area (Å²) in [5.74, 6) is 1.14. The van der Waals surface area contributed by atoms with Crippen LogP contribution in [0.2, 0.25) is 0 Å². The van der Waals surface area contributed by atoms with E-state index >= 15 is 0 Å². The van der Waals surface area contributed by atoms with Crippen molar-refractivity contribution in [3.63, 3.8) is 0 Å². The summed E-state index contributed by atoms with van der Waals surface area (Å²) in [6, 6.07) is 8.71. The van der Waals surface area contributed by atoms with Gasteiger partial charge in [0.05, 0.1) is 0 Å². The van der Waals surface area contributed by atoms with Crippen LogP contribution in [-0.2, 0) is 11.2 Å². The van der Waals surface area contributed by atoms with Crippen LogP contribution >= 0.6 is 0 Å². The minimum absolute atomic E-state index is 0.0623. The molecule has 0 heterocycles. The van der Waals surface area contributed by atoms with Gasteiger partial charge in [-0.25, -0.2) is 4.99 Å². The van der Waals surface area contributed by atoms with Crippen molar-refractivity contribution in [1.29, 1.82) is 0 Å². The van der Waals surface area contributed by atoms with Crippen LogP contribution in [0.25, 0.3) is 0 Å². The van der Waals surface area contributed by atoms with Gasteiger partial charge in [-0.05, 0) is 58.1 Å². The molecule has 0 spiro atoms. The maximum absolute atomic E-state index is 12.0. The Balaban J connectivity index is 1.94. The van der Waals surface area contributed by atoms with E-state index in [0.29, 0.717) is 11.9 Å². The van der Waals surface area contributed by atoms with Gasteiger partial charge >= 0.3 is 0 Å². The molecular weight excluding hydrogens is 312 g/mol. The highest BCUT2D eigenvalue weighted by Crippen LogP contribution is 2.30. The van der Waals surface area contributed by atoms with E-state index in [-0.39, 0.29) is 18.0 Å². The van der Waals surface area contributed by atoms with Gasteiger partial charge in [0.2, 0.25) is 5.91 Å². The van der Waals surface area contributed by atoms with Crippen LogP contribution in [0.3, 0.4) is 0 Å². The van der Waals surface area contributed by atoms with E-state index in [2.05, 4.69) is 45.2 Å². The average molecular weight is 345 g/mol. The molecule has 1 atom stereocenters. The third-order valence-corrected chi connectivity index (χ3v) is 4.25. The van der Waals surface area contributed by atoms with Gasteiger partial charge in [-0.1, -0.05) is 24.3 Å². The van der Waals surface area contributed by atoms with Gasteiger partial charge in [-0.3, -0.25) is 4.79 Å². The predicted molar refractivity (Wildman–Crippen MR) is 104 cm³/mol. The summed E-state index contributed by atoms with van der Waals surface area (Å²) in [6.45, 7) is 9.68. The fourth-order valence-corrected chi connectivity index (χ4v) is 3.24. The number of fused-ring (bicyclic) bond motifs is 1. The Morgan fingerprint density at radius 1 is 1.24 bits per heavy atom. The summed E-state index contributed by atoms with van der Waals surface area (Å²) in [7, 11) is 0. The van der Waals surface area contributed by atoms with Crippen molar-refractivity contribution in [1.82, 2.24) is 16.0 Å². The zero-order valence-corrected chi connectivity index (χ0v) is 16.0. The molecule has 3 N–H and O–H groups in total. The molecule has 1 amide bonds. The molecule has 2 rings (SSSR count). The molecule has 0 saturated carbocycles. The van der Waals surface area contributed by atoms with Crippen molar-refractivity contribution in [3.8, 4) is 0 Å². The van der Waals surface area contributed by atoms with Crippen molar-refractivity contribution in [2.75, 3.05) is 19.6 Å². The number of nitrogens with zero attached hydrogens (tertiary/aromatic N) is 1. The summed E-state index contributed by atoms with van der Waals surface area (Å²) >= 11 is 0. The molecule has 1 unspecified atom stereocenters. The van der Waals surface area contributed by atoms with Gasteiger partial charge in [0.1, 0.15) is 6.54 Å². The number of rotatable bonds is 5. The van der Waals surface area contributed by atoms with E-state index in [1.165, 1.54) is 30.4 Å². The zero-order valence-electron chi connectivity index (χ0n) is 16.0. The fourth-order valence-electron chi connectivity index (χ4n) is 3.24. The van der Waals surface area contributed by atoms with E-state index in [1.54, 1.807) is 0 Å². The lowest BCUT2D eigenvalue weighted by Gasteiger charge is -2.26. The molecule has 0 saturated heterocycles. The van der Waals surface area contributed by atoms with Gasteiger partial charge in [-0.15, -0.1) is 0 Å². The lowest BCUT2D eigenvalue weighted by Crippen LogP contribution is -2.43. The van der Waals surface area contributed by atoms with Gasteiger partial charge < -0.3 is 16.0 Å². The molecule has 1 aromatic rings. The topological polar surface area (TPSA) is 65.5 Å². The Labute approximate surface area is 151 Å². The molecule has 1 aliphatic carbocycles. The predicted octanol–water partition coefficient (Wildman–Crippen LogP) is 2.58. The molecule has 138 valence electrons. The highest BCUT2D eigenvalue weighted by Gasteiger charge is 2.20. The standard InChI is InChI=1S/C20H32N4O/c1-5-21-19(23-14-18(25)24-20(2,3)4)22-13-16-11-8-10-15-9-6-7-12-17(15)16/h6-7,9,12,16H,5,8,10-11,13-14H2,1-4H3,(H,24,25)(H2,21,22,23). The number of aryl methyl sites for hydroxylation is 1. The van der Waals surface area contributed by atoms with Crippen LogP contribution < -0.4 is 16.0 Å². The zero-order chi connectivity index (χ0) is 18.3. The number of nitrogens with one attached hydrogen (secondary N) is 3. The maximum atomic E-state index is 12.0. The van der Waals surface area contributed by atoms with Gasteiger partial charge in [0, 0.05) is 24.5 Å². The first kappa shape index (κ1) is 19.3. The molecule has 0 radical (unpaired) electrons. The SMILES string of the molecule is CCNC(=NCC(=O)NC(C)(C)C)NCC1CCCc2ccccc21. The monoisotopic (exact) mass is 344 g/mol. The van der Waals surface area contributed by atoms with Gasteiger partial charge in [0.25, 0.3) is 0 Å². The van der Waals surface area contributed by atoms with Crippen molar-refractivity contribution in [2.45, 2.75) is 58.4 Å². The van der Waals surface area contributed by atoms with Crippen molar-refractivity contribution in [3.05, 3.63) is 35.4 Å². The normalized spacial score (nSPS) is 17.6. The first-order valence-corrected chi connectivity index (χ1v) is 9.30. The molecule has 0 aliphatic heterocycles. The summed E-state index contributed by atoms with van der Waals surface area (Å²) in [6.07, 6.45) is 3.59. The van der Waals surface area contributed by atoms with Crippen molar-refractivity contribution >= 4 is 11.9 Å². The summed E-state index contributed by atoms with van der Waals surface area (Å²) < 4.78 is 0. The largest absolute Gasteiger partial charge is 0.357 e. The molecule has 25 heavy (non-hydrogen) atoms. The molecule has 5 heteroatoms. The van der Waals surface area contributed by atoms with Crippen molar-refractivity contribution in [2.24, 2.45) is 4.99 Å². The van der Waals surface area contributed by atoms with Crippen LogP contribution in [0, 0.1) is 0 Å². The smallest absolute Gasteiger partial charge is 0.242 e. The quantitative estimate of drug-likeness (QED) is 0.568. The molecule has 0 bridgehead atoms. The van der Waals surface area contributed by atoms with Crippen LogP contribution in [0.15, 0.2) is 29.3 Å². The van der Waals surface area contributed by atoms with Gasteiger partial charge in [-0.2, -0.15) is 0 Å². The third kappa shape index (κ3) is 6.40. The second-order valence-electron chi connectivity index (χ2n) is 7.66. The van der Waals surface area contributed by atoms with E-state index in [0.717, 1.165) is 13.1 Å².